The van der Waals surface area contributed by atoms with Gasteiger partial charge in [0.15, 0.2) is 10.2 Å². The van der Waals surface area contributed by atoms with Crippen LogP contribution in [0.25, 0.3) is 0 Å². The number of hydrogen-bond donors (Lipinski definition) is 2. The van der Waals surface area contributed by atoms with Crippen molar-refractivity contribution in [1.29, 1.82) is 0 Å². The van der Waals surface area contributed by atoms with Gasteiger partial charge in [0.05, 0.1) is 11.5 Å². The van der Waals surface area contributed by atoms with Crippen LogP contribution in [0.4, 0.5) is 11.6 Å². The molecular formula is C13H15N3O4S2. The number of nitrogens with one attached hydrogen (secondary N) is 2. The minimum atomic E-state index is -0.358. The summed E-state index contributed by atoms with van der Waals surface area (Å²) in [5.74, 6) is -0.171. The molecule has 1 heterocycles. The lowest BCUT2D eigenvalue weighted by atomic mass is 10.4. The molecule has 0 aliphatic rings. The van der Waals surface area contributed by atoms with Crippen LogP contribution >= 0.6 is 23.5 Å². The molecule has 0 aromatic carbocycles. The van der Waals surface area contributed by atoms with Crippen LogP contribution in [0.3, 0.4) is 0 Å². The van der Waals surface area contributed by atoms with Crippen LogP contribution < -0.4 is 10.6 Å². The molecule has 0 bridgehead atoms. The molecule has 0 fully saturated rings. The van der Waals surface area contributed by atoms with E-state index in [0.717, 1.165) is 23.5 Å². The van der Waals surface area contributed by atoms with Crippen molar-refractivity contribution in [2.45, 2.75) is 13.8 Å². The summed E-state index contributed by atoms with van der Waals surface area (Å²) in [7, 11) is 0. The third-order valence-corrected chi connectivity index (χ3v) is 3.72. The number of carbonyl (C=O) groups is 4. The third kappa shape index (κ3) is 7.79. The Morgan fingerprint density at radius 3 is 1.68 bits per heavy atom. The number of carbonyl (C=O) groups excluding carboxylic acids is 4. The van der Waals surface area contributed by atoms with E-state index < -0.39 is 0 Å². The Kier molecular flexibility index (Phi) is 7.61. The Labute approximate surface area is 136 Å². The summed E-state index contributed by atoms with van der Waals surface area (Å²) >= 11 is 1.80. The summed E-state index contributed by atoms with van der Waals surface area (Å²) in [5.41, 5.74) is 0. The number of thioether (sulfide) groups is 2. The van der Waals surface area contributed by atoms with Gasteiger partial charge in [-0.25, -0.2) is 4.98 Å². The van der Waals surface area contributed by atoms with E-state index in [1.807, 2.05) is 0 Å². The molecule has 0 unspecified atom stereocenters. The van der Waals surface area contributed by atoms with E-state index in [2.05, 4.69) is 15.6 Å². The molecule has 0 aliphatic heterocycles. The molecule has 0 saturated carbocycles. The largest absolute Gasteiger partial charge is 0.310 e. The molecule has 0 radical (unpaired) electrons. The topological polar surface area (TPSA) is 105 Å². The Bertz CT molecular complexity index is 545. The van der Waals surface area contributed by atoms with Crippen molar-refractivity contribution in [3.05, 3.63) is 18.2 Å². The second kappa shape index (κ2) is 9.21. The molecule has 0 saturated heterocycles. The van der Waals surface area contributed by atoms with Crippen LogP contribution in [0.5, 0.6) is 0 Å². The quantitative estimate of drug-likeness (QED) is 0.808. The Morgan fingerprint density at radius 1 is 0.909 bits per heavy atom. The SMILES string of the molecule is CC(=O)SCC(=O)Nc1cccc(NC(=O)CSC(C)=O)n1. The maximum atomic E-state index is 11.6. The maximum Gasteiger partial charge on any atom is 0.235 e. The highest BCUT2D eigenvalue weighted by molar-refractivity contribution is 8.14. The zero-order valence-corrected chi connectivity index (χ0v) is 13.7. The standard InChI is InChI=1S/C13H15N3O4S2/c1-8(17)21-6-12(19)15-10-4-3-5-11(14-10)16-13(20)7-22-9(2)18/h3-5H,6-7H2,1-2H3,(H2,14,15,16,19,20). The Morgan fingerprint density at radius 2 is 1.32 bits per heavy atom. The van der Waals surface area contributed by atoms with Crippen molar-refractivity contribution in [2.75, 3.05) is 22.1 Å². The fourth-order valence-corrected chi connectivity index (χ4v) is 2.08. The molecule has 0 atom stereocenters. The van der Waals surface area contributed by atoms with Gasteiger partial charge in [0.1, 0.15) is 11.6 Å². The van der Waals surface area contributed by atoms with E-state index >= 15 is 0 Å². The van der Waals surface area contributed by atoms with Crippen molar-refractivity contribution >= 4 is 57.2 Å². The highest BCUT2D eigenvalue weighted by Gasteiger charge is 2.08. The van der Waals surface area contributed by atoms with Crippen molar-refractivity contribution in [2.24, 2.45) is 0 Å². The highest BCUT2D eigenvalue weighted by atomic mass is 32.2. The summed E-state index contributed by atoms with van der Waals surface area (Å²) in [5, 5.41) is 4.76. The average Bonchev–Trinajstić information content (AvgIpc) is 2.43. The molecule has 2 amide bonds. The van der Waals surface area contributed by atoms with E-state index in [0.29, 0.717) is 0 Å². The van der Waals surface area contributed by atoms with Crippen LogP contribution in [0.1, 0.15) is 13.8 Å². The van der Waals surface area contributed by atoms with Gasteiger partial charge in [-0.3, -0.25) is 19.2 Å². The summed E-state index contributed by atoms with van der Waals surface area (Å²) in [6.07, 6.45) is 0. The number of rotatable bonds is 6. The molecule has 0 aliphatic carbocycles. The minimum absolute atomic E-state index is 0.00283. The van der Waals surface area contributed by atoms with Crippen LogP contribution in [-0.2, 0) is 19.2 Å². The van der Waals surface area contributed by atoms with Crippen molar-refractivity contribution in [3.8, 4) is 0 Å². The van der Waals surface area contributed by atoms with Gasteiger partial charge in [-0.05, 0) is 12.1 Å². The normalized spacial score (nSPS) is 9.91. The number of nitrogens with zero attached hydrogens (tertiary/aromatic N) is 1. The van der Waals surface area contributed by atoms with Gasteiger partial charge in [-0.1, -0.05) is 29.6 Å². The lowest BCUT2D eigenvalue weighted by Gasteiger charge is -2.07. The number of amides is 2. The number of hydrogen-bond acceptors (Lipinski definition) is 7. The fourth-order valence-electron chi connectivity index (χ4n) is 1.27. The van der Waals surface area contributed by atoms with Crippen LogP contribution in [0, 0.1) is 0 Å². The predicted molar refractivity (Wildman–Crippen MR) is 87.8 cm³/mol. The smallest absolute Gasteiger partial charge is 0.235 e. The third-order valence-electron chi connectivity index (χ3n) is 2.10. The predicted octanol–water partition coefficient (Wildman–Crippen LogP) is 1.52. The van der Waals surface area contributed by atoms with Crippen molar-refractivity contribution < 1.29 is 19.2 Å². The monoisotopic (exact) mass is 341 g/mol. The number of aromatic nitrogens is 1. The van der Waals surface area contributed by atoms with Crippen LogP contribution in [-0.4, -0.2) is 38.5 Å². The van der Waals surface area contributed by atoms with Gasteiger partial charge in [0.25, 0.3) is 0 Å². The molecule has 7 nitrogen and oxygen atoms in total. The number of anilines is 2. The first-order valence-electron chi connectivity index (χ1n) is 6.20. The Balaban J connectivity index is 2.54. The van der Waals surface area contributed by atoms with E-state index in [9.17, 15) is 19.2 Å². The maximum absolute atomic E-state index is 11.6. The molecule has 9 heteroatoms. The van der Waals surface area contributed by atoms with Gasteiger partial charge in [0.2, 0.25) is 11.8 Å². The molecule has 1 rings (SSSR count). The van der Waals surface area contributed by atoms with Gasteiger partial charge < -0.3 is 10.6 Å². The van der Waals surface area contributed by atoms with Gasteiger partial charge in [-0.2, -0.15) is 0 Å². The second-order valence-electron chi connectivity index (χ2n) is 4.06. The first-order valence-corrected chi connectivity index (χ1v) is 8.17. The fraction of sp³-hybridized carbons (Fsp3) is 0.308. The van der Waals surface area contributed by atoms with Crippen molar-refractivity contribution in [3.63, 3.8) is 0 Å². The minimum Gasteiger partial charge on any atom is -0.310 e. The molecule has 1 aromatic heterocycles. The van der Waals surface area contributed by atoms with Gasteiger partial charge in [0, 0.05) is 13.8 Å². The summed E-state index contributed by atoms with van der Waals surface area (Å²) in [6, 6.07) is 4.75. The summed E-state index contributed by atoms with van der Waals surface area (Å²) in [6.45, 7) is 2.76. The summed E-state index contributed by atoms with van der Waals surface area (Å²) in [4.78, 5) is 48.8. The molecule has 118 valence electrons. The lowest BCUT2D eigenvalue weighted by Crippen LogP contribution is -2.18. The van der Waals surface area contributed by atoms with E-state index in [1.165, 1.54) is 13.8 Å². The molecule has 2 N–H and O–H groups in total. The van der Waals surface area contributed by atoms with E-state index in [-0.39, 0.29) is 45.2 Å². The molecule has 0 spiro atoms. The zero-order valence-electron chi connectivity index (χ0n) is 12.0. The van der Waals surface area contributed by atoms with Gasteiger partial charge >= 0.3 is 0 Å². The number of pyridine rings is 1. The van der Waals surface area contributed by atoms with E-state index in [4.69, 9.17) is 0 Å². The molecule has 22 heavy (non-hydrogen) atoms. The van der Waals surface area contributed by atoms with Crippen molar-refractivity contribution in [1.82, 2.24) is 4.98 Å². The first kappa shape index (κ1) is 18.2. The van der Waals surface area contributed by atoms with Crippen LogP contribution in [0.15, 0.2) is 18.2 Å². The second-order valence-corrected chi connectivity index (χ2v) is 6.37. The average molecular weight is 341 g/mol. The molecule has 1 aromatic rings. The highest BCUT2D eigenvalue weighted by Crippen LogP contribution is 2.11. The zero-order chi connectivity index (χ0) is 16.5. The van der Waals surface area contributed by atoms with Gasteiger partial charge in [-0.15, -0.1) is 0 Å². The Hall–Kier alpha value is -1.87. The molecular weight excluding hydrogens is 326 g/mol. The first-order chi connectivity index (χ1) is 10.4. The summed E-state index contributed by atoms with van der Waals surface area (Å²) < 4.78 is 0. The van der Waals surface area contributed by atoms with Crippen LogP contribution in [0.2, 0.25) is 0 Å². The lowest BCUT2D eigenvalue weighted by molar-refractivity contribution is -0.114. The van der Waals surface area contributed by atoms with E-state index in [1.54, 1.807) is 18.2 Å².